The van der Waals surface area contributed by atoms with E-state index in [1.54, 1.807) is 13.8 Å². The maximum absolute atomic E-state index is 11.8. The number of nitrogens with one attached hydrogen (secondary N) is 1. The molecule has 0 saturated carbocycles. The van der Waals surface area contributed by atoms with Crippen molar-refractivity contribution in [1.82, 2.24) is 5.32 Å². The quantitative estimate of drug-likeness (QED) is 0.461. The Morgan fingerprint density at radius 1 is 1.24 bits per heavy atom. The van der Waals surface area contributed by atoms with Crippen molar-refractivity contribution in [2.24, 2.45) is 5.92 Å². The number of amides is 1. The first-order valence-electron chi connectivity index (χ1n) is 7.97. The van der Waals surface area contributed by atoms with Gasteiger partial charge >= 0.3 is 12.1 Å². The first-order chi connectivity index (χ1) is 11.9. The summed E-state index contributed by atoms with van der Waals surface area (Å²) in [5.41, 5.74) is 0.946. The zero-order valence-corrected chi connectivity index (χ0v) is 14.2. The van der Waals surface area contributed by atoms with Crippen LogP contribution in [0.4, 0.5) is 4.79 Å². The monoisotopic (exact) mass is 347 g/mol. The van der Waals surface area contributed by atoms with E-state index in [1.165, 1.54) is 0 Å². The van der Waals surface area contributed by atoms with Gasteiger partial charge in [0.25, 0.3) is 0 Å². The first kappa shape index (κ1) is 18.5. The van der Waals surface area contributed by atoms with E-state index < -0.39 is 30.2 Å². The number of carbonyl (C=O) groups is 3. The van der Waals surface area contributed by atoms with Crippen LogP contribution in [0, 0.1) is 5.92 Å². The number of esters is 1. The number of benzene rings is 1. The molecule has 2 rings (SSSR count). The molecule has 1 aliphatic rings. The van der Waals surface area contributed by atoms with Gasteiger partial charge in [0.15, 0.2) is 0 Å². The molecule has 25 heavy (non-hydrogen) atoms. The molecule has 1 heterocycles. The summed E-state index contributed by atoms with van der Waals surface area (Å²) in [5, 5.41) is 2.57. The smallest absolute Gasteiger partial charge is 0.463 e. The van der Waals surface area contributed by atoms with Crippen LogP contribution in [0.25, 0.3) is 0 Å². The molecular weight excluding hydrogens is 326 g/mol. The van der Waals surface area contributed by atoms with Crippen LogP contribution in [0.3, 0.4) is 0 Å². The van der Waals surface area contributed by atoms with Crippen molar-refractivity contribution in [2.75, 3.05) is 6.61 Å². The summed E-state index contributed by atoms with van der Waals surface area (Å²) >= 11 is 0. The Bertz CT molecular complexity index is 657. The molecule has 0 aliphatic carbocycles. The molecule has 0 spiro atoms. The van der Waals surface area contributed by atoms with E-state index in [1.807, 2.05) is 30.3 Å². The molecular formula is C18H21NO6. The Balaban J connectivity index is 1.86. The van der Waals surface area contributed by atoms with Crippen LogP contribution >= 0.6 is 0 Å². The molecule has 7 heteroatoms. The highest BCUT2D eigenvalue weighted by Crippen LogP contribution is 2.27. The van der Waals surface area contributed by atoms with E-state index in [2.05, 4.69) is 11.9 Å². The highest BCUT2D eigenvalue weighted by atomic mass is 16.7. The Kier molecular flexibility index (Phi) is 6.16. The third-order valence-electron chi connectivity index (χ3n) is 3.86. The van der Waals surface area contributed by atoms with Crippen molar-refractivity contribution < 1.29 is 28.6 Å². The molecule has 134 valence electrons. The van der Waals surface area contributed by atoms with Crippen molar-refractivity contribution in [3.05, 3.63) is 48.0 Å². The minimum absolute atomic E-state index is 0.0716. The maximum Gasteiger partial charge on any atom is 0.508 e. The van der Waals surface area contributed by atoms with Crippen LogP contribution in [0.1, 0.15) is 19.4 Å². The van der Waals surface area contributed by atoms with Gasteiger partial charge in [-0.05, 0) is 19.4 Å². The van der Waals surface area contributed by atoms with Crippen LogP contribution in [0.2, 0.25) is 0 Å². The molecule has 1 amide bonds. The third-order valence-corrected chi connectivity index (χ3v) is 3.86. The molecule has 0 bridgehead atoms. The van der Waals surface area contributed by atoms with Crippen molar-refractivity contribution in [2.45, 2.75) is 32.6 Å². The van der Waals surface area contributed by atoms with Gasteiger partial charge in [0.2, 0.25) is 5.91 Å². The van der Waals surface area contributed by atoms with Crippen molar-refractivity contribution in [1.29, 1.82) is 0 Å². The van der Waals surface area contributed by atoms with Crippen LogP contribution < -0.4 is 5.32 Å². The number of rotatable bonds is 7. The minimum atomic E-state index is -0.878. The molecule has 3 atom stereocenters. The number of hydrogen-bond donors (Lipinski definition) is 1. The second-order valence-electron chi connectivity index (χ2n) is 5.60. The van der Waals surface area contributed by atoms with E-state index >= 15 is 0 Å². The van der Waals surface area contributed by atoms with Crippen molar-refractivity contribution >= 4 is 18.0 Å². The first-order valence-corrected chi connectivity index (χ1v) is 7.97. The average molecular weight is 347 g/mol. The molecule has 1 unspecified atom stereocenters. The topological polar surface area (TPSA) is 90.9 Å². The predicted octanol–water partition coefficient (Wildman–Crippen LogP) is 1.96. The van der Waals surface area contributed by atoms with Gasteiger partial charge in [0.1, 0.15) is 12.7 Å². The molecule has 1 saturated heterocycles. The number of ether oxygens (including phenoxy) is 3. The van der Waals surface area contributed by atoms with Crippen LogP contribution in [0.5, 0.6) is 0 Å². The largest absolute Gasteiger partial charge is 0.508 e. The zero-order chi connectivity index (χ0) is 18.4. The highest BCUT2D eigenvalue weighted by molar-refractivity contribution is 5.96. The number of hydrogen-bond acceptors (Lipinski definition) is 6. The molecule has 1 aromatic rings. The lowest BCUT2D eigenvalue weighted by Gasteiger charge is -2.39. The predicted molar refractivity (Wildman–Crippen MR) is 88.4 cm³/mol. The van der Waals surface area contributed by atoms with Crippen LogP contribution in [-0.2, 0) is 30.4 Å². The molecule has 0 aromatic heterocycles. The summed E-state index contributed by atoms with van der Waals surface area (Å²) in [6.07, 6.45) is -1.65. The van der Waals surface area contributed by atoms with Gasteiger partial charge in [-0.2, -0.15) is 0 Å². The summed E-state index contributed by atoms with van der Waals surface area (Å²) < 4.78 is 15.0. The van der Waals surface area contributed by atoms with Crippen LogP contribution in [0.15, 0.2) is 42.5 Å². The molecule has 1 aliphatic heterocycles. The van der Waals surface area contributed by atoms with E-state index in [4.69, 9.17) is 14.2 Å². The summed E-state index contributed by atoms with van der Waals surface area (Å²) in [5.74, 6) is -1.61. The summed E-state index contributed by atoms with van der Waals surface area (Å²) in [7, 11) is 0. The molecule has 7 nitrogen and oxygen atoms in total. The maximum atomic E-state index is 11.8. The third kappa shape index (κ3) is 4.59. The Labute approximate surface area is 145 Å². The van der Waals surface area contributed by atoms with Gasteiger partial charge in [-0.3, -0.25) is 4.79 Å². The second-order valence-corrected chi connectivity index (χ2v) is 5.60. The average Bonchev–Trinajstić information content (AvgIpc) is 2.58. The van der Waals surface area contributed by atoms with Gasteiger partial charge < -0.3 is 19.5 Å². The second kappa shape index (κ2) is 8.32. The van der Waals surface area contributed by atoms with E-state index in [9.17, 15) is 14.4 Å². The van der Waals surface area contributed by atoms with Crippen LogP contribution in [-0.4, -0.2) is 36.8 Å². The molecule has 1 N–H and O–H groups in total. The van der Waals surface area contributed by atoms with Gasteiger partial charge in [-0.25, -0.2) is 9.59 Å². The summed E-state index contributed by atoms with van der Waals surface area (Å²) in [6.45, 7) is 7.18. The number of carbonyl (C=O) groups excluding carboxylic acids is 3. The molecule has 1 fully saturated rings. The van der Waals surface area contributed by atoms with Crippen molar-refractivity contribution in [3.8, 4) is 0 Å². The Hall–Kier alpha value is -2.83. The molecule has 1 aromatic carbocycles. The van der Waals surface area contributed by atoms with E-state index in [0.29, 0.717) is 0 Å². The fourth-order valence-electron chi connectivity index (χ4n) is 2.51. The standard InChI is InChI=1S/C18H21NO6/c1-4-23-17(21)11(2)15-14(16(20)19-15)12(3)25-18(22)24-10-13-8-6-5-7-9-13/h5-9,12,14-15H,2,4,10H2,1,3H3,(H,19,20)/t12?,14-,15-/m1/s1. The van der Waals surface area contributed by atoms with E-state index in [-0.39, 0.29) is 24.7 Å². The lowest BCUT2D eigenvalue weighted by molar-refractivity contribution is -0.144. The Morgan fingerprint density at radius 3 is 2.52 bits per heavy atom. The highest BCUT2D eigenvalue weighted by Gasteiger charge is 2.47. The Morgan fingerprint density at radius 2 is 1.92 bits per heavy atom. The van der Waals surface area contributed by atoms with Crippen molar-refractivity contribution in [3.63, 3.8) is 0 Å². The van der Waals surface area contributed by atoms with Gasteiger partial charge in [-0.15, -0.1) is 0 Å². The van der Waals surface area contributed by atoms with Gasteiger partial charge in [0.05, 0.1) is 24.1 Å². The SMILES string of the molecule is C=C(C(=O)OCC)[C@H]1NC(=O)[C@@H]1C(C)OC(=O)OCc1ccccc1. The summed E-state index contributed by atoms with van der Waals surface area (Å²) in [6, 6.07) is 8.53. The van der Waals surface area contributed by atoms with Gasteiger partial charge in [-0.1, -0.05) is 36.9 Å². The fourth-order valence-corrected chi connectivity index (χ4v) is 2.51. The minimum Gasteiger partial charge on any atom is -0.463 e. The lowest BCUT2D eigenvalue weighted by Crippen LogP contribution is -2.63. The fraction of sp³-hybridized carbons (Fsp3) is 0.389. The van der Waals surface area contributed by atoms with Gasteiger partial charge in [0, 0.05) is 0 Å². The normalized spacial score (nSPS) is 19.8. The molecule has 0 radical (unpaired) electrons. The van der Waals surface area contributed by atoms with E-state index in [0.717, 1.165) is 5.56 Å². The zero-order valence-electron chi connectivity index (χ0n) is 14.2. The summed E-state index contributed by atoms with van der Waals surface area (Å²) in [4.78, 5) is 35.3. The number of β-lactam (4-membered cyclic amide) rings is 1. The lowest BCUT2D eigenvalue weighted by atomic mass is 9.82.